The molecule has 0 unspecified atom stereocenters. The third kappa shape index (κ3) is 3.10. The van der Waals surface area contributed by atoms with E-state index in [9.17, 15) is 0 Å². The van der Waals surface area contributed by atoms with Crippen molar-refractivity contribution < 1.29 is 0 Å². The second-order valence-corrected chi connectivity index (χ2v) is 4.05. The van der Waals surface area contributed by atoms with Gasteiger partial charge in [0.05, 0.1) is 17.9 Å². The lowest BCUT2D eigenvalue weighted by molar-refractivity contribution is 1.12. The van der Waals surface area contributed by atoms with Gasteiger partial charge in [0.1, 0.15) is 5.71 Å². The lowest BCUT2D eigenvalue weighted by Crippen LogP contribution is -2.08. The molecule has 0 spiro atoms. The molecule has 0 atom stereocenters. The van der Waals surface area contributed by atoms with Gasteiger partial charge >= 0.3 is 0 Å². The molecule has 0 aliphatic heterocycles. The minimum absolute atomic E-state index is 0.586. The van der Waals surface area contributed by atoms with Gasteiger partial charge in [0.15, 0.2) is 0 Å². The first kappa shape index (κ1) is 12.2. The molecule has 0 saturated heterocycles. The molecule has 0 N–H and O–H groups in total. The summed E-state index contributed by atoms with van der Waals surface area (Å²) in [5, 5.41) is 0. The van der Waals surface area contributed by atoms with Crippen molar-refractivity contribution >= 4 is 5.71 Å². The Morgan fingerprint density at radius 3 is 2.00 bits per heavy atom. The summed E-state index contributed by atoms with van der Waals surface area (Å²) in [7, 11) is 0. The standard InChI is InChI=1S/C15H15N3/c1-12(2)11-18-15(13-7-3-5-9-16-13)14-8-4-6-10-17-14/h3-10H,1,11H2,2H3. The van der Waals surface area contributed by atoms with Gasteiger partial charge in [-0.1, -0.05) is 24.3 Å². The Balaban J connectivity index is 2.42. The van der Waals surface area contributed by atoms with E-state index in [1.807, 2.05) is 43.3 Å². The Morgan fingerprint density at radius 2 is 1.61 bits per heavy atom. The number of rotatable bonds is 4. The van der Waals surface area contributed by atoms with Crippen molar-refractivity contribution in [2.75, 3.05) is 6.54 Å². The fourth-order valence-electron chi connectivity index (χ4n) is 1.51. The van der Waals surface area contributed by atoms with Crippen LogP contribution in [0.1, 0.15) is 18.3 Å². The highest BCUT2D eigenvalue weighted by Gasteiger charge is 2.08. The number of nitrogens with zero attached hydrogens (tertiary/aromatic N) is 3. The predicted octanol–water partition coefficient (Wildman–Crippen LogP) is 2.89. The summed E-state index contributed by atoms with van der Waals surface area (Å²) in [5.74, 6) is 0. The molecule has 0 aromatic carbocycles. The molecular weight excluding hydrogens is 222 g/mol. The van der Waals surface area contributed by atoms with Gasteiger partial charge in [0, 0.05) is 12.4 Å². The molecule has 0 saturated carbocycles. The molecule has 2 aromatic rings. The first-order valence-corrected chi connectivity index (χ1v) is 5.79. The molecule has 0 bridgehead atoms. The highest BCUT2D eigenvalue weighted by Crippen LogP contribution is 2.07. The van der Waals surface area contributed by atoms with Crippen LogP contribution in [-0.4, -0.2) is 22.2 Å². The van der Waals surface area contributed by atoms with Crippen molar-refractivity contribution in [3.8, 4) is 0 Å². The van der Waals surface area contributed by atoms with Gasteiger partial charge in [0.2, 0.25) is 0 Å². The van der Waals surface area contributed by atoms with E-state index in [2.05, 4.69) is 21.5 Å². The van der Waals surface area contributed by atoms with Crippen LogP contribution in [0.2, 0.25) is 0 Å². The molecule has 3 heteroatoms. The van der Waals surface area contributed by atoms with Gasteiger partial charge < -0.3 is 0 Å². The molecule has 18 heavy (non-hydrogen) atoms. The minimum atomic E-state index is 0.586. The molecule has 2 heterocycles. The van der Waals surface area contributed by atoms with Crippen molar-refractivity contribution in [1.82, 2.24) is 9.97 Å². The predicted molar refractivity (Wildman–Crippen MR) is 73.8 cm³/mol. The molecule has 0 fully saturated rings. The van der Waals surface area contributed by atoms with Crippen molar-refractivity contribution in [3.63, 3.8) is 0 Å². The summed E-state index contributed by atoms with van der Waals surface area (Å²) in [5.41, 5.74) is 3.48. The Bertz CT molecular complexity index is 503. The maximum Gasteiger partial charge on any atom is 0.109 e. The molecule has 3 nitrogen and oxygen atoms in total. The van der Waals surface area contributed by atoms with Crippen LogP contribution in [0.3, 0.4) is 0 Å². The third-order valence-corrected chi connectivity index (χ3v) is 2.32. The van der Waals surface area contributed by atoms with Crippen molar-refractivity contribution in [1.29, 1.82) is 0 Å². The van der Waals surface area contributed by atoms with Crippen LogP contribution >= 0.6 is 0 Å². The summed E-state index contributed by atoms with van der Waals surface area (Å²) < 4.78 is 0. The fraction of sp³-hybridized carbons (Fsp3) is 0.133. The zero-order valence-corrected chi connectivity index (χ0v) is 10.4. The van der Waals surface area contributed by atoms with E-state index in [-0.39, 0.29) is 0 Å². The third-order valence-electron chi connectivity index (χ3n) is 2.32. The average molecular weight is 237 g/mol. The summed E-state index contributed by atoms with van der Waals surface area (Å²) in [6.45, 7) is 6.41. The topological polar surface area (TPSA) is 38.1 Å². The average Bonchev–Trinajstić information content (AvgIpc) is 2.41. The zero-order chi connectivity index (χ0) is 12.8. The summed E-state index contributed by atoms with van der Waals surface area (Å²) in [6.07, 6.45) is 3.52. The minimum Gasteiger partial charge on any atom is -0.276 e. The number of pyridine rings is 2. The monoisotopic (exact) mass is 237 g/mol. The number of aliphatic imine (C=N–C) groups is 1. The molecule has 0 aliphatic carbocycles. The first-order chi connectivity index (χ1) is 8.77. The van der Waals surface area contributed by atoms with Gasteiger partial charge in [-0.25, -0.2) is 0 Å². The van der Waals surface area contributed by atoms with E-state index in [1.165, 1.54) is 0 Å². The summed E-state index contributed by atoms with van der Waals surface area (Å²) >= 11 is 0. The maximum absolute atomic E-state index is 4.56. The highest BCUT2D eigenvalue weighted by atomic mass is 14.8. The van der Waals surface area contributed by atoms with Crippen LogP contribution in [-0.2, 0) is 0 Å². The Labute approximate surface area is 107 Å². The summed E-state index contributed by atoms with van der Waals surface area (Å²) in [6, 6.07) is 11.5. The van der Waals surface area contributed by atoms with Gasteiger partial charge in [-0.15, -0.1) is 0 Å². The zero-order valence-electron chi connectivity index (χ0n) is 10.4. The first-order valence-electron chi connectivity index (χ1n) is 5.79. The maximum atomic E-state index is 4.56. The van der Waals surface area contributed by atoms with Gasteiger partial charge in [0.25, 0.3) is 0 Å². The lowest BCUT2D eigenvalue weighted by Gasteiger charge is -2.05. The summed E-state index contributed by atoms with van der Waals surface area (Å²) in [4.78, 5) is 13.2. The molecule has 90 valence electrons. The number of aromatic nitrogens is 2. The van der Waals surface area contributed by atoms with E-state index in [0.717, 1.165) is 22.7 Å². The normalized spacial score (nSPS) is 9.83. The van der Waals surface area contributed by atoms with Crippen LogP contribution in [0.15, 0.2) is 65.9 Å². The van der Waals surface area contributed by atoms with E-state index in [4.69, 9.17) is 0 Å². The number of hydrogen-bond acceptors (Lipinski definition) is 3. The molecule has 2 aromatic heterocycles. The molecule has 2 rings (SSSR count). The molecule has 0 aliphatic rings. The SMILES string of the molecule is C=C(C)CN=C(c1ccccn1)c1ccccn1. The van der Waals surface area contributed by atoms with Gasteiger partial charge in [-0.2, -0.15) is 0 Å². The van der Waals surface area contributed by atoms with E-state index in [1.54, 1.807) is 12.4 Å². The van der Waals surface area contributed by atoms with Crippen LogP contribution < -0.4 is 0 Å². The smallest absolute Gasteiger partial charge is 0.109 e. The molecule has 0 amide bonds. The van der Waals surface area contributed by atoms with E-state index in [0.29, 0.717) is 6.54 Å². The molecular formula is C15H15N3. The van der Waals surface area contributed by atoms with Crippen molar-refractivity contribution in [2.45, 2.75) is 6.92 Å². The second-order valence-electron chi connectivity index (χ2n) is 4.05. The Kier molecular flexibility index (Phi) is 3.97. The largest absolute Gasteiger partial charge is 0.276 e. The second kappa shape index (κ2) is 5.87. The van der Waals surface area contributed by atoms with Crippen LogP contribution in [0, 0.1) is 0 Å². The van der Waals surface area contributed by atoms with Crippen molar-refractivity contribution in [3.05, 3.63) is 72.3 Å². The van der Waals surface area contributed by atoms with Crippen molar-refractivity contribution in [2.24, 2.45) is 4.99 Å². The van der Waals surface area contributed by atoms with Gasteiger partial charge in [-0.3, -0.25) is 15.0 Å². The number of hydrogen-bond donors (Lipinski definition) is 0. The Morgan fingerprint density at radius 1 is 1.06 bits per heavy atom. The van der Waals surface area contributed by atoms with Gasteiger partial charge in [-0.05, 0) is 31.2 Å². The van der Waals surface area contributed by atoms with Crippen LogP contribution in [0.4, 0.5) is 0 Å². The van der Waals surface area contributed by atoms with E-state index >= 15 is 0 Å². The highest BCUT2D eigenvalue weighted by molar-refractivity contribution is 6.10. The Hall–Kier alpha value is -2.29. The van der Waals surface area contributed by atoms with Crippen LogP contribution in [0.25, 0.3) is 0 Å². The lowest BCUT2D eigenvalue weighted by atomic mass is 10.1. The van der Waals surface area contributed by atoms with E-state index < -0.39 is 0 Å². The van der Waals surface area contributed by atoms with Crippen LogP contribution in [0.5, 0.6) is 0 Å². The quantitative estimate of drug-likeness (QED) is 0.605. The molecule has 0 radical (unpaired) electrons. The fourth-order valence-corrected chi connectivity index (χ4v) is 1.51.